The fourth-order valence-electron chi connectivity index (χ4n) is 2.96. The fourth-order valence-corrected chi connectivity index (χ4v) is 2.96. The molecule has 0 radical (unpaired) electrons. The summed E-state index contributed by atoms with van der Waals surface area (Å²) in [4.78, 5) is 49.8. The van der Waals surface area contributed by atoms with Crippen LogP contribution in [0.4, 0.5) is 4.79 Å². The molecule has 2 rings (SSSR count). The normalized spacial score (nSPS) is 16.4. The van der Waals surface area contributed by atoms with Crippen molar-refractivity contribution >= 4 is 29.9 Å². The van der Waals surface area contributed by atoms with Crippen molar-refractivity contribution in [2.75, 3.05) is 0 Å². The van der Waals surface area contributed by atoms with E-state index in [-0.39, 0.29) is 12.3 Å². The van der Waals surface area contributed by atoms with Crippen LogP contribution in [-0.4, -0.2) is 40.4 Å². The number of nitrogens with zero attached hydrogens (tertiary/aromatic N) is 1. The largest absolute Gasteiger partial charge is 0.452 e. The molecule has 29 heavy (non-hydrogen) atoms. The third-order valence-electron chi connectivity index (χ3n) is 4.23. The lowest BCUT2D eigenvalue weighted by Crippen LogP contribution is -2.50. The van der Waals surface area contributed by atoms with Crippen molar-refractivity contribution in [2.45, 2.75) is 58.7 Å². The minimum absolute atomic E-state index is 0.118. The Balaban J connectivity index is 2.01. The van der Waals surface area contributed by atoms with Gasteiger partial charge in [0.15, 0.2) is 6.10 Å². The van der Waals surface area contributed by atoms with Gasteiger partial charge in [-0.1, -0.05) is 24.3 Å². The summed E-state index contributed by atoms with van der Waals surface area (Å²) < 4.78 is 5.20. The van der Waals surface area contributed by atoms with E-state index in [9.17, 15) is 19.2 Å². The second kappa shape index (κ2) is 8.89. The van der Waals surface area contributed by atoms with Gasteiger partial charge in [0.2, 0.25) is 5.91 Å². The third kappa shape index (κ3) is 6.17. The first-order valence-electron chi connectivity index (χ1n) is 9.36. The van der Waals surface area contributed by atoms with Gasteiger partial charge in [-0.25, -0.2) is 4.79 Å². The molecule has 0 bridgehead atoms. The lowest BCUT2D eigenvalue weighted by Gasteiger charge is -2.32. The number of carbonyl (C=O) groups excluding carboxylic acids is 4. The first-order chi connectivity index (χ1) is 13.5. The molecular weight excluding hydrogens is 374 g/mol. The van der Waals surface area contributed by atoms with Crippen LogP contribution in [0.3, 0.4) is 0 Å². The van der Waals surface area contributed by atoms with Crippen molar-refractivity contribution in [3.05, 3.63) is 41.6 Å². The van der Waals surface area contributed by atoms with Gasteiger partial charge in [0.25, 0.3) is 5.91 Å². The molecule has 0 unspecified atom stereocenters. The molecule has 1 aromatic carbocycles. The van der Waals surface area contributed by atoms with Gasteiger partial charge in [0.1, 0.15) is 0 Å². The maximum absolute atomic E-state index is 12.5. The lowest BCUT2D eigenvalue weighted by molar-refractivity contribution is -0.155. The highest BCUT2D eigenvalue weighted by Crippen LogP contribution is 2.33. The van der Waals surface area contributed by atoms with Crippen LogP contribution in [0.15, 0.2) is 30.5 Å². The van der Waals surface area contributed by atoms with E-state index < -0.39 is 35.6 Å². The van der Waals surface area contributed by atoms with E-state index in [0.29, 0.717) is 0 Å². The summed E-state index contributed by atoms with van der Waals surface area (Å²) in [7, 11) is 0. The van der Waals surface area contributed by atoms with Gasteiger partial charge < -0.3 is 15.0 Å². The summed E-state index contributed by atoms with van der Waals surface area (Å²) >= 11 is 0. The van der Waals surface area contributed by atoms with Gasteiger partial charge >= 0.3 is 12.0 Å². The van der Waals surface area contributed by atoms with E-state index >= 15 is 0 Å². The van der Waals surface area contributed by atoms with Crippen molar-refractivity contribution in [3.63, 3.8) is 0 Å². The zero-order valence-electron chi connectivity index (χ0n) is 17.3. The zero-order chi connectivity index (χ0) is 21.8. The number of benzene rings is 1. The number of rotatable bonds is 4. The van der Waals surface area contributed by atoms with Crippen LogP contribution in [0.1, 0.15) is 58.2 Å². The van der Waals surface area contributed by atoms with Crippen molar-refractivity contribution in [3.8, 4) is 0 Å². The molecule has 4 amide bonds. The molecule has 0 fully saturated rings. The van der Waals surface area contributed by atoms with E-state index in [1.54, 1.807) is 27.0 Å². The molecule has 2 N–H and O–H groups in total. The fraction of sp³-hybridized carbons (Fsp3) is 0.429. The second-order valence-corrected chi connectivity index (χ2v) is 7.92. The van der Waals surface area contributed by atoms with Gasteiger partial charge in [0, 0.05) is 18.7 Å². The summed E-state index contributed by atoms with van der Waals surface area (Å²) in [5.74, 6) is -1.59. The molecule has 1 heterocycles. The Kier molecular flexibility index (Phi) is 6.79. The molecule has 0 aliphatic carbocycles. The quantitative estimate of drug-likeness (QED) is 0.755. The predicted molar refractivity (Wildman–Crippen MR) is 107 cm³/mol. The molecule has 8 heteroatoms. The average Bonchev–Trinajstić information content (AvgIpc) is 2.59. The molecule has 0 aromatic heterocycles. The van der Waals surface area contributed by atoms with E-state index in [1.165, 1.54) is 18.7 Å². The number of amides is 4. The first kappa shape index (κ1) is 22.1. The van der Waals surface area contributed by atoms with E-state index in [4.69, 9.17) is 4.74 Å². The molecule has 0 saturated heterocycles. The maximum atomic E-state index is 12.5. The monoisotopic (exact) mass is 401 g/mol. The first-order valence-corrected chi connectivity index (χ1v) is 9.36. The molecular formula is C21H27N3O5. The molecule has 8 nitrogen and oxygen atoms in total. The zero-order valence-corrected chi connectivity index (χ0v) is 17.3. The number of imide groups is 1. The van der Waals surface area contributed by atoms with E-state index in [0.717, 1.165) is 11.1 Å². The standard InChI is InChI=1S/C21H27N3O5/c1-13(19(27)22-20(28)23-21(3,4)5)29-18(26)12-17-16-9-7-6-8-15(16)10-11-24(17)14(2)25/h6-11,13,17H,12H2,1-5H3,(H2,22,23,27,28)/t13-,17+/m0/s1. The van der Waals surface area contributed by atoms with Crippen LogP contribution in [0.5, 0.6) is 0 Å². The Morgan fingerprint density at radius 2 is 1.83 bits per heavy atom. The highest BCUT2D eigenvalue weighted by molar-refractivity contribution is 5.97. The van der Waals surface area contributed by atoms with E-state index in [1.807, 2.05) is 30.3 Å². The summed E-state index contributed by atoms with van der Waals surface area (Å²) in [5, 5.41) is 4.74. The minimum Gasteiger partial charge on any atom is -0.452 e. The van der Waals surface area contributed by atoms with Crippen LogP contribution < -0.4 is 10.6 Å². The Morgan fingerprint density at radius 1 is 1.17 bits per heavy atom. The third-order valence-corrected chi connectivity index (χ3v) is 4.23. The number of nitrogens with one attached hydrogen (secondary N) is 2. The van der Waals surface area contributed by atoms with Crippen LogP contribution >= 0.6 is 0 Å². The highest BCUT2D eigenvalue weighted by Gasteiger charge is 2.30. The Morgan fingerprint density at radius 3 is 2.45 bits per heavy atom. The molecule has 0 spiro atoms. The molecule has 1 aromatic rings. The summed E-state index contributed by atoms with van der Waals surface area (Å²) in [5.41, 5.74) is 1.22. The number of ether oxygens (including phenoxy) is 1. The molecule has 2 atom stereocenters. The smallest absolute Gasteiger partial charge is 0.321 e. The number of hydrogen-bond acceptors (Lipinski definition) is 5. The summed E-state index contributed by atoms with van der Waals surface area (Å²) in [6.45, 7) is 8.13. The Bertz CT molecular complexity index is 841. The average molecular weight is 401 g/mol. The Hall–Kier alpha value is -3.16. The van der Waals surface area contributed by atoms with Gasteiger partial charge in [0.05, 0.1) is 12.5 Å². The molecule has 0 saturated carbocycles. The van der Waals surface area contributed by atoms with Crippen LogP contribution in [-0.2, 0) is 19.1 Å². The second-order valence-electron chi connectivity index (χ2n) is 7.92. The number of fused-ring (bicyclic) bond motifs is 1. The summed E-state index contributed by atoms with van der Waals surface area (Å²) in [6.07, 6.45) is 2.17. The van der Waals surface area contributed by atoms with Crippen molar-refractivity contribution in [1.82, 2.24) is 15.5 Å². The molecule has 1 aliphatic rings. The van der Waals surface area contributed by atoms with Gasteiger partial charge in [-0.15, -0.1) is 0 Å². The summed E-state index contributed by atoms with van der Waals surface area (Å²) in [6, 6.07) is 6.25. The van der Waals surface area contributed by atoms with Crippen molar-refractivity contribution in [1.29, 1.82) is 0 Å². The van der Waals surface area contributed by atoms with Gasteiger partial charge in [-0.3, -0.25) is 19.7 Å². The predicted octanol–water partition coefficient (Wildman–Crippen LogP) is 2.51. The molecule has 1 aliphatic heterocycles. The topological polar surface area (TPSA) is 105 Å². The van der Waals surface area contributed by atoms with Crippen molar-refractivity contribution < 1.29 is 23.9 Å². The lowest BCUT2D eigenvalue weighted by atomic mass is 9.94. The number of carbonyl (C=O) groups is 4. The van der Waals surface area contributed by atoms with Crippen molar-refractivity contribution in [2.24, 2.45) is 0 Å². The number of hydrogen-bond donors (Lipinski definition) is 2. The van der Waals surface area contributed by atoms with Gasteiger partial charge in [-0.05, 0) is 44.9 Å². The SMILES string of the molecule is CC(=O)N1C=Cc2ccccc2[C@H]1CC(=O)O[C@@H](C)C(=O)NC(=O)NC(C)(C)C. The minimum atomic E-state index is -1.16. The van der Waals surface area contributed by atoms with Crippen LogP contribution in [0.2, 0.25) is 0 Å². The molecule has 156 valence electrons. The van der Waals surface area contributed by atoms with E-state index in [2.05, 4.69) is 10.6 Å². The number of urea groups is 1. The highest BCUT2D eigenvalue weighted by atomic mass is 16.5. The maximum Gasteiger partial charge on any atom is 0.321 e. The Labute approximate surface area is 170 Å². The van der Waals surface area contributed by atoms with Gasteiger partial charge in [-0.2, -0.15) is 0 Å². The van der Waals surface area contributed by atoms with Crippen LogP contribution in [0, 0.1) is 0 Å². The number of esters is 1. The van der Waals surface area contributed by atoms with Crippen LogP contribution in [0.25, 0.3) is 6.08 Å².